The summed E-state index contributed by atoms with van der Waals surface area (Å²) >= 11 is 0. The summed E-state index contributed by atoms with van der Waals surface area (Å²) in [5.41, 5.74) is 1.40. The number of alkyl carbamates (subject to hydrolysis) is 1. The number of ether oxygens (including phenoxy) is 2. The molecule has 0 spiro atoms. The Kier molecular flexibility index (Phi) is 7.65. The van der Waals surface area contributed by atoms with Crippen molar-refractivity contribution in [2.75, 3.05) is 7.11 Å². The predicted molar refractivity (Wildman–Crippen MR) is 108 cm³/mol. The molecular weight excluding hydrogens is 374 g/mol. The minimum Gasteiger partial charge on any atom is -0.481 e. The SMILES string of the molecule is COC(=O)C(Cc1ccc(C2CCC(C(=O)O)CC2)cc1)NC(=O)OC(C)(C)C. The van der Waals surface area contributed by atoms with Gasteiger partial charge in [0.15, 0.2) is 0 Å². The van der Waals surface area contributed by atoms with Crippen LogP contribution in [0.2, 0.25) is 0 Å². The van der Waals surface area contributed by atoms with Gasteiger partial charge in [-0.1, -0.05) is 24.3 Å². The van der Waals surface area contributed by atoms with E-state index in [0.29, 0.717) is 18.8 Å². The molecule has 160 valence electrons. The molecule has 7 heteroatoms. The first-order chi connectivity index (χ1) is 13.6. The third-order valence-electron chi connectivity index (χ3n) is 5.14. The van der Waals surface area contributed by atoms with Crippen molar-refractivity contribution in [2.24, 2.45) is 5.92 Å². The lowest BCUT2D eigenvalue weighted by Gasteiger charge is -2.26. The number of amides is 1. The van der Waals surface area contributed by atoms with Crippen LogP contribution in [0.25, 0.3) is 0 Å². The molecule has 1 fully saturated rings. The number of hydrogen-bond acceptors (Lipinski definition) is 5. The van der Waals surface area contributed by atoms with Crippen LogP contribution in [-0.4, -0.2) is 41.9 Å². The highest BCUT2D eigenvalue weighted by molar-refractivity contribution is 5.81. The Labute approximate surface area is 171 Å². The number of carbonyl (C=O) groups is 3. The van der Waals surface area contributed by atoms with E-state index < -0.39 is 29.7 Å². The number of benzene rings is 1. The number of carbonyl (C=O) groups excluding carboxylic acids is 2. The zero-order valence-corrected chi connectivity index (χ0v) is 17.6. The minimum atomic E-state index is -0.841. The van der Waals surface area contributed by atoms with Crippen molar-refractivity contribution >= 4 is 18.0 Å². The maximum atomic E-state index is 12.1. The van der Waals surface area contributed by atoms with E-state index in [2.05, 4.69) is 5.32 Å². The van der Waals surface area contributed by atoms with Crippen molar-refractivity contribution in [3.8, 4) is 0 Å². The van der Waals surface area contributed by atoms with Crippen LogP contribution in [-0.2, 0) is 25.5 Å². The number of methoxy groups -OCH3 is 1. The Morgan fingerprint density at radius 3 is 2.17 bits per heavy atom. The van der Waals surface area contributed by atoms with Gasteiger partial charge in [-0.25, -0.2) is 9.59 Å². The monoisotopic (exact) mass is 405 g/mol. The van der Waals surface area contributed by atoms with Crippen molar-refractivity contribution in [2.45, 2.75) is 70.4 Å². The van der Waals surface area contributed by atoms with Crippen LogP contribution in [0.4, 0.5) is 4.79 Å². The standard InChI is InChI=1S/C22H31NO6/c1-22(2,3)29-21(27)23-18(20(26)28-4)13-14-5-7-15(8-6-14)16-9-11-17(12-10-16)19(24)25/h5-8,16-18H,9-13H2,1-4H3,(H,23,27)(H,24,25). The molecule has 0 bridgehead atoms. The fourth-order valence-corrected chi connectivity index (χ4v) is 3.62. The zero-order valence-electron chi connectivity index (χ0n) is 17.6. The highest BCUT2D eigenvalue weighted by Gasteiger charge is 2.27. The van der Waals surface area contributed by atoms with E-state index in [1.165, 1.54) is 12.7 Å². The number of carboxylic acids is 1. The molecule has 1 aromatic carbocycles. The van der Waals surface area contributed by atoms with E-state index >= 15 is 0 Å². The molecule has 1 saturated carbocycles. The Bertz CT molecular complexity index is 714. The van der Waals surface area contributed by atoms with E-state index in [0.717, 1.165) is 18.4 Å². The largest absolute Gasteiger partial charge is 0.481 e. The molecule has 0 aliphatic heterocycles. The van der Waals surface area contributed by atoms with Gasteiger partial charge >= 0.3 is 18.0 Å². The molecule has 0 aromatic heterocycles. The third-order valence-corrected chi connectivity index (χ3v) is 5.14. The van der Waals surface area contributed by atoms with E-state index in [-0.39, 0.29) is 12.3 Å². The van der Waals surface area contributed by atoms with Crippen molar-refractivity contribution in [1.29, 1.82) is 0 Å². The Morgan fingerprint density at radius 1 is 1.10 bits per heavy atom. The zero-order chi connectivity index (χ0) is 21.6. The Balaban J connectivity index is 1.99. The normalized spacial score (nSPS) is 20.4. The van der Waals surface area contributed by atoms with Crippen molar-refractivity contribution in [3.05, 3.63) is 35.4 Å². The number of rotatable bonds is 6. The fourth-order valence-electron chi connectivity index (χ4n) is 3.62. The summed E-state index contributed by atoms with van der Waals surface area (Å²) in [4.78, 5) is 35.2. The second-order valence-corrected chi connectivity index (χ2v) is 8.55. The smallest absolute Gasteiger partial charge is 0.408 e. The molecule has 29 heavy (non-hydrogen) atoms. The molecule has 1 unspecified atom stereocenters. The molecule has 0 heterocycles. The van der Waals surface area contributed by atoms with E-state index in [9.17, 15) is 14.4 Å². The molecule has 7 nitrogen and oxygen atoms in total. The van der Waals surface area contributed by atoms with Gasteiger partial charge in [0.2, 0.25) is 0 Å². The summed E-state index contributed by atoms with van der Waals surface area (Å²) in [5, 5.41) is 11.7. The summed E-state index contributed by atoms with van der Waals surface area (Å²) in [6, 6.07) is 7.06. The fraction of sp³-hybridized carbons (Fsp3) is 0.591. The van der Waals surface area contributed by atoms with Crippen LogP contribution in [0.1, 0.15) is 63.5 Å². The number of hydrogen-bond donors (Lipinski definition) is 2. The average molecular weight is 405 g/mol. The second kappa shape index (κ2) is 9.76. The van der Waals surface area contributed by atoms with E-state index in [1.807, 2.05) is 24.3 Å². The summed E-state index contributed by atoms with van der Waals surface area (Å²) in [7, 11) is 1.28. The number of aliphatic carboxylic acids is 1. The molecule has 1 amide bonds. The summed E-state index contributed by atoms with van der Waals surface area (Å²) in [6.07, 6.45) is 2.75. The first-order valence-electron chi connectivity index (χ1n) is 9.98. The van der Waals surface area contributed by atoms with E-state index in [1.54, 1.807) is 20.8 Å². The second-order valence-electron chi connectivity index (χ2n) is 8.55. The first kappa shape index (κ1) is 22.7. The molecule has 2 N–H and O–H groups in total. The Morgan fingerprint density at radius 2 is 1.69 bits per heavy atom. The molecular formula is C22H31NO6. The van der Waals surface area contributed by atoms with Gasteiger partial charge in [-0.05, 0) is 63.5 Å². The average Bonchev–Trinajstić information content (AvgIpc) is 2.66. The lowest BCUT2D eigenvalue weighted by molar-refractivity contribution is -0.143. The molecule has 1 aliphatic rings. The summed E-state index contributed by atoms with van der Waals surface area (Å²) in [5.74, 6) is -1.11. The molecule has 1 aliphatic carbocycles. The van der Waals surface area contributed by atoms with Gasteiger partial charge in [0.25, 0.3) is 0 Å². The lowest BCUT2D eigenvalue weighted by atomic mass is 9.78. The maximum Gasteiger partial charge on any atom is 0.408 e. The summed E-state index contributed by atoms with van der Waals surface area (Å²) < 4.78 is 10.0. The lowest BCUT2D eigenvalue weighted by Crippen LogP contribution is -2.45. The van der Waals surface area contributed by atoms with Gasteiger partial charge in [0.1, 0.15) is 11.6 Å². The van der Waals surface area contributed by atoms with Crippen molar-refractivity contribution < 1.29 is 29.0 Å². The molecule has 2 rings (SSSR count). The van der Waals surface area contributed by atoms with Gasteiger partial charge in [0, 0.05) is 6.42 Å². The van der Waals surface area contributed by atoms with Crippen LogP contribution in [0.5, 0.6) is 0 Å². The predicted octanol–water partition coefficient (Wildman–Crippen LogP) is 3.65. The van der Waals surface area contributed by atoms with Crippen molar-refractivity contribution in [1.82, 2.24) is 5.32 Å². The molecule has 1 atom stereocenters. The number of nitrogens with one attached hydrogen (secondary N) is 1. The van der Waals surface area contributed by atoms with Crippen LogP contribution in [0, 0.1) is 5.92 Å². The van der Waals surface area contributed by atoms with Gasteiger partial charge in [0.05, 0.1) is 13.0 Å². The topological polar surface area (TPSA) is 102 Å². The summed E-state index contributed by atoms with van der Waals surface area (Å²) in [6.45, 7) is 5.26. The van der Waals surface area contributed by atoms with Crippen LogP contribution < -0.4 is 5.32 Å². The highest BCUT2D eigenvalue weighted by Crippen LogP contribution is 2.35. The molecule has 0 saturated heterocycles. The van der Waals surface area contributed by atoms with Gasteiger partial charge in [-0.15, -0.1) is 0 Å². The Hall–Kier alpha value is -2.57. The third kappa shape index (κ3) is 7.07. The van der Waals surface area contributed by atoms with Crippen LogP contribution in [0.15, 0.2) is 24.3 Å². The number of esters is 1. The molecule has 1 aromatic rings. The van der Waals surface area contributed by atoms with Crippen LogP contribution in [0.3, 0.4) is 0 Å². The number of carboxylic acid groups (broad SMARTS) is 1. The maximum absolute atomic E-state index is 12.1. The molecule has 0 radical (unpaired) electrons. The highest BCUT2D eigenvalue weighted by atomic mass is 16.6. The van der Waals surface area contributed by atoms with Gasteiger partial charge < -0.3 is 19.9 Å². The van der Waals surface area contributed by atoms with E-state index in [4.69, 9.17) is 14.6 Å². The van der Waals surface area contributed by atoms with Crippen molar-refractivity contribution in [3.63, 3.8) is 0 Å². The van der Waals surface area contributed by atoms with Gasteiger partial charge in [-0.3, -0.25) is 4.79 Å². The van der Waals surface area contributed by atoms with Crippen LogP contribution >= 0.6 is 0 Å². The minimum absolute atomic E-state index is 0.231. The van der Waals surface area contributed by atoms with Gasteiger partial charge in [-0.2, -0.15) is 0 Å². The quantitative estimate of drug-likeness (QED) is 0.701. The first-order valence-corrected chi connectivity index (χ1v) is 9.98.